The summed E-state index contributed by atoms with van der Waals surface area (Å²) in [5, 5.41) is 3.35. The first-order valence-corrected chi connectivity index (χ1v) is 4.01. The number of imidazole rings is 1. The van der Waals surface area contributed by atoms with Crippen molar-refractivity contribution in [1.82, 2.24) is 15.3 Å². The van der Waals surface area contributed by atoms with Crippen LogP contribution in [0, 0.1) is 0 Å². The number of H-pyrrole nitrogens is 1. The average molecular weight is 151 g/mol. The summed E-state index contributed by atoms with van der Waals surface area (Å²) in [5.41, 5.74) is 1.54. The second-order valence-corrected chi connectivity index (χ2v) is 3.45. The summed E-state index contributed by atoms with van der Waals surface area (Å²) in [6, 6.07) is 0. The van der Waals surface area contributed by atoms with Gasteiger partial charge in [0.2, 0.25) is 0 Å². The van der Waals surface area contributed by atoms with Gasteiger partial charge in [0.05, 0.1) is 6.33 Å². The molecule has 1 atom stereocenters. The largest absolute Gasteiger partial charge is 0.348 e. The SMILES string of the molecule is C[C@]1(c2cnc[nH]2)CCNC1. The molecule has 2 N–H and O–H groups in total. The summed E-state index contributed by atoms with van der Waals surface area (Å²) < 4.78 is 0. The monoisotopic (exact) mass is 151 g/mol. The first-order valence-electron chi connectivity index (χ1n) is 4.01. The Hall–Kier alpha value is -0.830. The van der Waals surface area contributed by atoms with E-state index in [1.807, 2.05) is 6.20 Å². The van der Waals surface area contributed by atoms with E-state index in [0.717, 1.165) is 13.1 Å². The number of aromatic amines is 1. The van der Waals surface area contributed by atoms with E-state index in [2.05, 4.69) is 22.2 Å². The predicted molar refractivity (Wildman–Crippen MR) is 43.4 cm³/mol. The zero-order chi connectivity index (χ0) is 7.73. The van der Waals surface area contributed by atoms with Gasteiger partial charge in [0.15, 0.2) is 0 Å². The third-order valence-corrected chi connectivity index (χ3v) is 2.52. The highest BCUT2D eigenvalue weighted by molar-refractivity contribution is 5.14. The van der Waals surface area contributed by atoms with Crippen molar-refractivity contribution in [3.8, 4) is 0 Å². The highest BCUT2D eigenvalue weighted by Gasteiger charge is 2.31. The van der Waals surface area contributed by atoms with Crippen LogP contribution in [0.15, 0.2) is 12.5 Å². The highest BCUT2D eigenvalue weighted by atomic mass is 15.0. The minimum absolute atomic E-state index is 0.288. The molecule has 0 radical (unpaired) electrons. The molecule has 2 heterocycles. The second-order valence-electron chi connectivity index (χ2n) is 3.45. The van der Waals surface area contributed by atoms with E-state index in [9.17, 15) is 0 Å². The van der Waals surface area contributed by atoms with E-state index in [1.54, 1.807) is 6.33 Å². The van der Waals surface area contributed by atoms with Gasteiger partial charge in [-0.1, -0.05) is 6.92 Å². The Kier molecular flexibility index (Phi) is 1.46. The van der Waals surface area contributed by atoms with E-state index in [4.69, 9.17) is 0 Å². The molecular weight excluding hydrogens is 138 g/mol. The van der Waals surface area contributed by atoms with Crippen LogP contribution in [0.2, 0.25) is 0 Å². The molecule has 0 amide bonds. The molecule has 1 fully saturated rings. The molecule has 11 heavy (non-hydrogen) atoms. The summed E-state index contributed by atoms with van der Waals surface area (Å²) >= 11 is 0. The van der Waals surface area contributed by atoms with Crippen LogP contribution >= 0.6 is 0 Å². The van der Waals surface area contributed by atoms with Gasteiger partial charge in [-0.3, -0.25) is 0 Å². The van der Waals surface area contributed by atoms with Gasteiger partial charge < -0.3 is 10.3 Å². The topological polar surface area (TPSA) is 40.7 Å². The van der Waals surface area contributed by atoms with E-state index >= 15 is 0 Å². The van der Waals surface area contributed by atoms with Crippen LogP contribution in [-0.4, -0.2) is 23.1 Å². The molecule has 0 aliphatic carbocycles. The smallest absolute Gasteiger partial charge is 0.0921 e. The third-order valence-electron chi connectivity index (χ3n) is 2.52. The molecule has 0 spiro atoms. The molecule has 1 aliphatic rings. The van der Waals surface area contributed by atoms with E-state index in [0.29, 0.717) is 0 Å². The standard InChI is InChI=1S/C8H13N3/c1-8(2-3-9-5-8)7-4-10-6-11-7/h4,6,9H,2-3,5H2,1H3,(H,10,11)/t8-/m0/s1. The first-order chi connectivity index (χ1) is 5.31. The van der Waals surface area contributed by atoms with Crippen LogP contribution in [0.3, 0.4) is 0 Å². The van der Waals surface area contributed by atoms with E-state index in [-0.39, 0.29) is 5.41 Å². The molecule has 0 unspecified atom stereocenters. The number of hydrogen-bond acceptors (Lipinski definition) is 2. The lowest BCUT2D eigenvalue weighted by Crippen LogP contribution is -2.25. The zero-order valence-electron chi connectivity index (χ0n) is 6.72. The van der Waals surface area contributed by atoms with Crippen molar-refractivity contribution in [2.24, 2.45) is 0 Å². The van der Waals surface area contributed by atoms with Gasteiger partial charge in [0, 0.05) is 23.9 Å². The fraction of sp³-hybridized carbons (Fsp3) is 0.625. The Morgan fingerprint density at radius 1 is 1.64 bits per heavy atom. The van der Waals surface area contributed by atoms with Crippen molar-refractivity contribution in [2.45, 2.75) is 18.8 Å². The maximum atomic E-state index is 4.03. The van der Waals surface area contributed by atoms with E-state index < -0.39 is 0 Å². The van der Waals surface area contributed by atoms with E-state index in [1.165, 1.54) is 12.1 Å². The Bertz CT molecular complexity index is 221. The molecule has 0 bridgehead atoms. The van der Waals surface area contributed by atoms with Gasteiger partial charge in [0.1, 0.15) is 0 Å². The lowest BCUT2D eigenvalue weighted by molar-refractivity contribution is 0.510. The summed E-state index contributed by atoms with van der Waals surface area (Å²) in [4.78, 5) is 7.20. The van der Waals surface area contributed by atoms with Crippen LogP contribution in [0.4, 0.5) is 0 Å². The molecular formula is C8H13N3. The first kappa shape index (κ1) is 6.85. The molecule has 1 aromatic heterocycles. The predicted octanol–water partition coefficient (Wildman–Crippen LogP) is 0.661. The Balaban J connectivity index is 2.27. The van der Waals surface area contributed by atoms with Crippen molar-refractivity contribution in [3.63, 3.8) is 0 Å². The fourth-order valence-corrected chi connectivity index (χ4v) is 1.63. The Morgan fingerprint density at radius 3 is 3.09 bits per heavy atom. The third kappa shape index (κ3) is 1.05. The van der Waals surface area contributed by atoms with Gasteiger partial charge in [-0.05, 0) is 13.0 Å². The molecule has 1 aliphatic heterocycles. The second kappa shape index (κ2) is 2.34. The molecule has 3 nitrogen and oxygen atoms in total. The van der Waals surface area contributed by atoms with Crippen molar-refractivity contribution in [1.29, 1.82) is 0 Å². The minimum Gasteiger partial charge on any atom is -0.348 e. The summed E-state index contributed by atoms with van der Waals surface area (Å²) in [7, 11) is 0. The number of nitrogens with zero attached hydrogens (tertiary/aromatic N) is 1. The lowest BCUT2D eigenvalue weighted by atomic mass is 9.87. The molecule has 0 saturated carbocycles. The zero-order valence-corrected chi connectivity index (χ0v) is 6.72. The van der Waals surface area contributed by atoms with Crippen LogP contribution < -0.4 is 5.32 Å². The van der Waals surface area contributed by atoms with Crippen LogP contribution in [0.1, 0.15) is 19.0 Å². The lowest BCUT2D eigenvalue weighted by Gasteiger charge is -2.19. The Labute approximate surface area is 66.2 Å². The molecule has 1 aromatic rings. The molecule has 60 valence electrons. The minimum atomic E-state index is 0.288. The van der Waals surface area contributed by atoms with Gasteiger partial charge >= 0.3 is 0 Å². The Morgan fingerprint density at radius 2 is 2.55 bits per heavy atom. The van der Waals surface area contributed by atoms with Gasteiger partial charge in [-0.2, -0.15) is 0 Å². The quantitative estimate of drug-likeness (QED) is 0.619. The molecule has 2 rings (SSSR count). The van der Waals surface area contributed by atoms with Crippen molar-refractivity contribution < 1.29 is 0 Å². The van der Waals surface area contributed by atoms with Crippen LogP contribution in [0.5, 0.6) is 0 Å². The number of hydrogen-bond donors (Lipinski definition) is 2. The number of aromatic nitrogens is 2. The average Bonchev–Trinajstić information content (AvgIpc) is 2.55. The summed E-state index contributed by atoms with van der Waals surface area (Å²) in [5.74, 6) is 0. The maximum Gasteiger partial charge on any atom is 0.0921 e. The van der Waals surface area contributed by atoms with Gasteiger partial charge in [-0.15, -0.1) is 0 Å². The van der Waals surface area contributed by atoms with Crippen LogP contribution in [-0.2, 0) is 5.41 Å². The number of rotatable bonds is 1. The van der Waals surface area contributed by atoms with Gasteiger partial charge in [-0.25, -0.2) is 4.98 Å². The summed E-state index contributed by atoms with van der Waals surface area (Å²) in [6.07, 6.45) is 4.88. The number of nitrogens with one attached hydrogen (secondary N) is 2. The van der Waals surface area contributed by atoms with Crippen molar-refractivity contribution in [3.05, 3.63) is 18.2 Å². The highest BCUT2D eigenvalue weighted by Crippen LogP contribution is 2.27. The molecule has 1 saturated heterocycles. The van der Waals surface area contributed by atoms with Crippen molar-refractivity contribution in [2.75, 3.05) is 13.1 Å². The fourth-order valence-electron chi connectivity index (χ4n) is 1.63. The maximum absolute atomic E-state index is 4.03. The van der Waals surface area contributed by atoms with Crippen LogP contribution in [0.25, 0.3) is 0 Å². The normalized spacial score (nSPS) is 31.0. The molecule has 3 heteroatoms. The van der Waals surface area contributed by atoms with Gasteiger partial charge in [0.25, 0.3) is 0 Å². The molecule has 0 aromatic carbocycles. The summed E-state index contributed by atoms with van der Waals surface area (Å²) in [6.45, 7) is 4.45. The van der Waals surface area contributed by atoms with Crippen molar-refractivity contribution >= 4 is 0 Å².